The molecule has 0 atom stereocenters. The van der Waals surface area contributed by atoms with E-state index in [1.165, 1.54) is 6.26 Å². The van der Waals surface area contributed by atoms with E-state index in [0.717, 1.165) is 12.1 Å². The number of hydrogen-bond acceptors (Lipinski definition) is 4. The van der Waals surface area contributed by atoms with Crippen molar-refractivity contribution >= 4 is 39.8 Å². The average molecular weight is 441 g/mol. The Morgan fingerprint density at radius 2 is 1.86 bits per heavy atom. The molecule has 0 aliphatic heterocycles. The summed E-state index contributed by atoms with van der Waals surface area (Å²) in [5, 5.41) is 6.28. The van der Waals surface area contributed by atoms with E-state index in [1.807, 2.05) is 6.92 Å². The molecular weight excluding hydrogens is 417 g/mol. The van der Waals surface area contributed by atoms with Crippen molar-refractivity contribution in [2.24, 2.45) is 4.99 Å². The number of halogens is 1. The van der Waals surface area contributed by atoms with Gasteiger partial charge in [0.15, 0.2) is 15.8 Å². The number of hydrogen-bond donors (Lipinski definition) is 2. The fraction of sp³-hybridized carbons (Fsp3) is 0.500. The molecule has 0 fully saturated rings. The van der Waals surface area contributed by atoms with Crippen LogP contribution in [0.15, 0.2) is 34.2 Å². The van der Waals surface area contributed by atoms with Crippen molar-refractivity contribution < 1.29 is 13.2 Å². The van der Waals surface area contributed by atoms with Gasteiger partial charge in [-0.05, 0) is 24.6 Å². The molecule has 126 valence electrons. The highest BCUT2D eigenvalue weighted by atomic mass is 127. The lowest BCUT2D eigenvalue weighted by atomic mass is 10.2. The number of ether oxygens (including phenoxy) is 1. The third kappa shape index (κ3) is 7.95. The molecule has 8 heteroatoms. The van der Waals surface area contributed by atoms with Gasteiger partial charge in [0.1, 0.15) is 0 Å². The number of methoxy groups -OCH3 is 1. The largest absolute Gasteiger partial charge is 0.383 e. The number of aliphatic imine (C=N–C) groups is 1. The molecule has 1 aromatic carbocycles. The van der Waals surface area contributed by atoms with Gasteiger partial charge < -0.3 is 15.4 Å². The lowest BCUT2D eigenvalue weighted by Crippen LogP contribution is -2.38. The summed E-state index contributed by atoms with van der Waals surface area (Å²) in [6, 6.07) is 6.76. The first-order valence-corrected chi connectivity index (χ1v) is 8.66. The Kier molecular flexibility index (Phi) is 10.4. The van der Waals surface area contributed by atoms with Crippen LogP contribution in [0.1, 0.15) is 12.5 Å². The molecule has 0 bridgehead atoms. The fourth-order valence-electron chi connectivity index (χ4n) is 1.63. The van der Waals surface area contributed by atoms with E-state index in [4.69, 9.17) is 4.74 Å². The van der Waals surface area contributed by atoms with Gasteiger partial charge >= 0.3 is 0 Å². The molecule has 0 saturated carbocycles. The Bertz CT molecular complexity index is 559. The molecule has 2 N–H and O–H groups in total. The van der Waals surface area contributed by atoms with E-state index in [1.54, 1.807) is 31.4 Å². The van der Waals surface area contributed by atoms with Crippen LogP contribution >= 0.6 is 24.0 Å². The maximum Gasteiger partial charge on any atom is 0.191 e. The first-order chi connectivity index (χ1) is 9.97. The number of guanidine groups is 1. The summed E-state index contributed by atoms with van der Waals surface area (Å²) in [5.41, 5.74) is 0.950. The van der Waals surface area contributed by atoms with Crippen LogP contribution in [0, 0.1) is 0 Å². The second-order valence-corrected chi connectivity index (χ2v) is 6.55. The van der Waals surface area contributed by atoms with Crippen molar-refractivity contribution in [1.82, 2.24) is 10.6 Å². The Labute approximate surface area is 149 Å². The van der Waals surface area contributed by atoms with Gasteiger partial charge in [0.2, 0.25) is 0 Å². The highest BCUT2D eigenvalue weighted by molar-refractivity contribution is 14.0. The van der Waals surface area contributed by atoms with E-state index in [2.05, 4.69) is 15.6 Å². The van der Waals surface area contributed by atoms with Gasteiger partial charge in [-0.3, -0.25) is 0 Å². The summed E-state index contributed by atoms with van der Waals surface area (Å²) in [7, 11) is -1.50. The summed E-state index contributed by atoms with van der Waals surface area (Å²) in [6.07, 6.45) is 1.20. The van der Waals surface area contributed by atoms with Crippen LogP contribution in [-0.2, 0) is 21.1 Å². The molecule has 0 aromatic heterocycles. The minimum Gasteiger partial charge on any atom is -0.383 e. The molecular formula is C14H24IN3O3S. The first kappa shape index (κ1) is 21.1. The van der Waals surface area contributed by atoms with Gasteiger partial charge in [-0.25, -0.2) is 13.4 Å². The van der Waals surface area contributed by atoms with Crippen LogP contribution in [0.4, 0.5) is 0 Å². The normalized spacial score (nSPS) is 11.7. The average Bonchev–Trinajstić information content (AvgIpc) is 2.44. The van der Waals surface area contributed by atoms with Gasteiger partial charge in [0.05, 0.1) is 18.0 Å². The number of rotatable bonds is 7. The third-order valence-corrected chi connectivity index (χ3v) is 3.84. The third-order valence-electron chi connectivity index (χ3n) is 2.71. The lowest BCUT2D eigenvalue weighted by molar-refractivity contribution is 0.203. The molecule has 0 heterocycles. The Balaban J connectivity index is 0.00000441. The summed E-state index contributed by atoms with van der Waals surface area (Å²) >= 11 is 0. The quantitative estimate of drug-likeness (QED) is 0.290. The highest BCUT2D eigenvalue weighted by Gasteiger charge is 2.05. The molecule has 0 aliphatic rings. The maximum absolute atomic E-state index is 11.4. The summed E-state index contributed by atoms with van der Waals surface area (Å²) in [6.45, 7) is 4.52. The predicted molar refractivity (Wildman–Crippen MR) is 99.7 cm³/mol. The molecule has 1 rings (SSSR count). The number of nitrogens with one attached hydrogen (secondary N) is 2. The van der Waals surface area contributed by atoms with E-state index in [0.29, 0.717) is 30.6 Å². The molecule has 0 radical (unpaired) electrons. The van der Waals surface area contributed by atoms with Crippen LogP contribution in [0.5, 0.6) is 0 Å². The van der Waals surface area contributed by atoms with Crippen LogP contribution in [0.25, 0.3) is 0 Å². The number of nitrogens with zero attached hydrogens (tertiary/aromatic N) is 1. The first-order valence-electron chi connectivity index (χ1n) is 6.77. The minimum absolute atomic E-state index is 0. The van der Waals surface area contributed by atoms with Gasteiger partial charge in [-0.2, -0.15) is 0 Å². The molecule has 0 unspecified atom stereocenters. The van der Waals surface area contributed by atoms with Crippen LogP contribution in [0.3, 0.4) is 0 Å². The fourth-order valence-corrected chi connectivity index (χ4v) is 2.26. The predicted octanol–water partition coefficient (Wildman–Crippen LogP) is 1.41. The van der Waals surface area contributed by atoms with Gasteiger partial charge in [-0.1, -0.05) is 12.1 Å². The Morgan fingerprint density at radius 1 is 1.23 bits per heavy atom. The number of benzene rings is 1. The van der Waals surface area contributed by atoms with Crippen molar-refractivity contribution in [3.05, 3.63) is 29.8 Å². The van der Waals surface area contributed by atoms with E-state index in [-0.39, 0.29) is 24.0 Å². The smallest absolute Gasteiger partial charge is 0.191 e. The number of sulfone groups is 1. The Hall–Kier alpha value is -0.870. The van der Waals surface area contributed by atoms with Crippen molar-refractivity contribution in [2.45, 2.75) is 18.4 Å². The van der Waals surface area contributed by atoms with Crippen molar-refractivity contribution in [3.8, 4) is 0 Å². The van der Waals surface area contributed by atoms with Crippen molar-refractivity contribution in [2.75, 3.05) is 33.1 Å². The zero-order valence-corrected chi connectivity index (χ0v) is 16.3. The standard InChI is InChI=1S/C14H23N3O3S.HI/c1-4-15-14(16-9-10-20-2)17-11-12-5-7-13(8-6-12)21(3,18)19;/h5-8H,4,9-11H2,1-3H3,(H2,15,16,17);1H. The monoisotopic (exact) mass is 441 g/mol. The van der Waals surface area contributed by atoms with E-state index >= 15 is 0 Å². The molecule has 0 saturated heterocycles. The topological polar surface area (TPSA) is 79.8 Å². The van der Waals surface area contributed by atoms with Crippen LogP contribution in [0.2, 0.25) is 0 Å². The SMILES string of the molecule is CCNC(=NCc1ccc(S(C)(=O)=O)cc1)NCCOC.I. The molecule has 0 aliphatic carbocycles. The molecule has 0 amide bonds. The Morgan fingerprint density at radius 3 is 2.36 bits per heavy atom. The molecule has 6 nitrogen and oxygen atoms in total. The van der Waals surface area contributed by atoms with Crippen molar-refractivity contribution in [1.29, 1.82) is 0 Å². The summed E-state index contributed by atoms with van der Waals surface area (Å²) in [4.78, 5) is 4.76. The van der Waals surface area contributed by atoms with E-state index < -0.39 is 9.84 Å². The molecule has 22 heavy (non-hydrogen) atoms. The zero-order valence-electron chi connectivity index (χ0n) is 13.1. The van der Waals surface area contributed by atoms with Gasteiger partial charge in [-0.15, -0.1) is 24.0 Å². The minimum atomic E-state index is -3.15. The second-order valence-electron chi connectivity index (χ2n) is 4.53. The van der Waals surface area contributed by atoms with Gasteiger partial charge in [0, 0.05) is 26.5 Å². The summed E-state index contributed by atoms with van der Waals surface area (Å²) in [5.74, 6) is 0.710. The zero-order chi connectivity index (χ0) is 15.7. The van der Waals surface area contributed by atoms with Crippen LogP contribution < -0.4 is 10.6 Å². The van der Waals surface area contributed by atoms with Crippen LogP contribution in [-0.4, -0.2) is 47.4 Å². The molecule has 0 spiro atoms. The molecule has 1 aromatic rings. The lowest BCUT2D eigenvalue weighted by Gasteiger charge is -2.10. The highest BCUT2D eigenvalue weighted by Crippen LogP contribution is 2.10. The maximum atomic E-state index is 11.4. The summed E-state index contributed by atoms with van der Waals surface area (Å²) < 4.78 is 27.7. The van der Waals surface area contributed by atoms with E-state index in [9.17, 15) is 8.42 Å². The second kappa shape index (κ2) is 10.8. The van der Waals surface area contributed by atoms with Crippen molar-refractivity contribution in [3.63, 3.8) is 0 Å². The van der Waals surface area contributed by atoms with Gasteiger partial charge in [0.25, 0.3) is 0 Å².